The van der Waals surface area contributed by atoms with Crippen molar-refractivity contribution in [2.24, 2.45) is 56.7 Å². The smallest absolute Gasteiger partial charge is 0.310 e. The summed E-state index contributed by atoms with van der Waals surface area (Å²) in [5.74, 6) is -1.81. The lowest BCUT2D eigenvalue weighted by atomic mass is 9.33. The number of hydrogen-bond donors (Lipinski definition) is 1. The van der Waals surface area contributed by atoms with Crippen LogP contribution in [-0.2, 0) is 52.4 Å². The van der Waals surface area contributed by atoms with Crippen LogP contribution in [0.15, 0.2) is 11.6 Å². The van der Waals surface area contributed by atoms with Crippen molar-refractivity contribution in [2.75, 3.05) is 13.2 Å². The van der Waals surface area contributed by atoms with Crippen LogP contribution in [0.1, 0.15) is 127 Å². The van der Waals surface area contributed by atoms with Crippen LogP contribution in [0.4, 0.5) is 0 Å². The Labute approximate surface area is 326 Å². The molecule has 0 aromatic carbocycles. The second-order valence-electron chi connectivity index (χ2n) is 19.1. The molecule has 1 N–H and O–H groups in total. The van der Waals surface area contributed by atoms with Crippen molar-refractivity contribution in [3.63, 3.8) is 0 Å². The Morgan fingerprint density at radius 3 is 2.05 bits per heavy atom. The molecule has 5 fully saturated rings. The van der Waals surface area contributed by atoms with Gasteiger partial charge in [0, 0.05) is 33.1 Å². The molecular formula is C43H64O12. The van der Waals surface area contributed by atoms with Gasteiger partial charge in [-0.2, -0.15) is 0 Å². The number of carbonyl (C=O) groups is 5. The molecule has 4 saturated carbocycles. The number of fused-ring (bicyclic) bond motifs is 7. The number of ether oxygens (including phenoxy) is 6. The highest BCUT2D eigenvalue weighted by molar-refractivity contribution is 5.77. The molecule has 0 aromatic heterocycles. The molecule has 1 aliphatic heterocycles. The minimum atomic E-state index is -1.23. The molecular weight excluding hydrogens is 708 g/mol. The van der Waals surface area contributed by atoms with Gasteiger partial charge < -0.3 is 33.5 Å². The Hall–Kier alpha value is -2.99. The van der Waals surface area contributed by atoms with E-state index in [1.165, 1.54) is 33.3 Å². The summed E-state index contributed by atoms with van der Waals surface area (Å²) < 4.78 is 35.6. The van der Waals surface area contributed by atoms with E-state index in [-0.39, 0.29) is 53.1 Å². The van der Waals surface area contributed by atoms with Gasteiger partial charge in [-0.1, -0.05) is 53.2 Å². The van der Waals surface area contributed by atoms with E-state index in [2.05, 4.69) is 47.6 Å². The van der Waals surface area contributed by atoms with Crippen molar-refractivity contribution in [3.05, 3.63) is 11.6 Å². The molecule has 308 valence electrons. The maximum absolute atomic E-state index is 13.1. The zero-order chi connectivity index (χ0) is 40.5. The lowest BCUT2D eigenvalue weighted by Crippen LogP contribution is -2.67. The zero-order valence-electron chi connectivity index (χ0n) is 34.6. The first-order chi connectivity index (χ1) is 25.6. The highest BCUT2D eigenvalue weighted by Gasteiger charge is 2.70. The predicted octanol–water partition coefficient (Wildman–Crippen LogP) is 6.81. The average Bonchev–Trinajstić information content (AvgIpc) is 3.08. The number of carboxylic acid groups (broad SMARTS) is 1. The van der Waals surface area contributed by atoms with Crippen LogP contribution in [0.5, 0.6) is 0 Å². The van der Waals surface area contributed by atoms with Gasteiger partial charge >= 0.3 is 29.8 Å². The normalized spacial score (nSPS) is 46.3. The van der Waals surface area contributed by atoms with Crippen molar-refractivity contribution >= 4 is 29.8 Å². The first-order valence-electron chi connectivity index (χ1n) is 20.5. The molecule has 55 heavy (non-hydrogen) atoms. The summed E-state index contributed by atoms with van der Waals surface area (Å²) in [6, 6.07) is 0. The molecule has 6 rings (SSSR count). The van der Waals surface area contributed by atoms with Crippen LogP contribution in [0.25, 0.3) is 0 Å². The van der Waals surface area contributed by atoms with Gasteiger partial charge in [0.25, 0.3) is 0 Å². The molecule has 5 aliphatic carbocycles. The summed E-state index contributed by atoms with van der Waals surface area (Å²) in [6.07, 6.45) is 4.68. The summed E-state index contributed by atoms with van der Waals surface area (Å²) >= 11 is 0. The first-order valence-corrected chi connectivity index (χ1v) is 20.5. The first kappa shape index (κ1) is 41.6. The fourth-order valence-corrected chi connectivity index (χ4v) is 13.3. The Morgan fingerprint density at radius 2 is 1.44 bits per heavy atom. The lowest BCUT2D eigenvalue weighted by Gasteiger charge is -2.71. The van der Waals surface area contributed by atoms with Crippen molar-refractivity contribution in [1.82, 2.24) is 0 Å². The molecule has 0 aromatic rings. The lowest BCUT2D eigenvalue weighted by molar-refractivity contribution is -0.316. The Kier molecular flexibility index (Phi) is 11.2. The van der Waals surface area contributed by atoms with Gasteiger partial charge in [-0.3, -0.25) is 24.0 Å². The highest BCUT2D eigenvalue weighted by atomic mass is 16.7. The third kappa shape index (κ3) is 6.72. The van der Waals surface area contributed by atoms with Crippen molar-refractivity contribution in [3.8, 4) is 0 Å². The molecule has 1 saturated heterocycles. The van der Waals surface area contributed by atoms with Crippen LogP contribution in [0.3, 0.4) is 0 Å². The number of allylic oxidation sites excluding steroid dienone is 2. The third-order valence-electron chi connectivity index (χ3n) is 16.3. The van der Waals surface area contributed by atoms with Crippen LogP contribution in [-0.4, -0.2) is 78.9 Å². The monoisotopic (exact) mass is 772 g/mol. The largest absolute Gasteiger partial charge is 0.481 e. The van der Waals surface area contributed by atoms with Gasteiger partial charge in [-0.15, -0.1) is 0 Å². The molecule has 0 spiro atoms. The summed E-state index contributed by atoms with van der Waals surface area (Å²) in [6.45, 7) is 19.1. The quantitative estimate of drug-likeness (QED) is 0.119. The Morgan fingerprint density at radius 1 is 0.782 bits per heavy atom. The second-order valence-corrected chi connectivity index (χ2v) is 19.1. The molecule has 12 nitrogen and oxygen atoms in total. The topological polar surface area (TPSA) is 161 Å². The van der Waals surface area contributed by atoms with E-state index in [1.54, 1.807) is 0 Å². The van der Waals surface area contributed by atoms with Crippen molar-refractivity contribution in [1.29, 1.82) is 0 Å². The molecule has 15 atom stereocenters. The van der Waals surface area contributed by atoms with E-state index in [9.17, 15) is 29.1 Å². The molecule has 12 heteroatoms. The summed E-state index contributed by atoms with van der Waals surface area (Å²) in [5, 5.41) is 10.8. The number of esters is 4. The fraction of sp³-hybridized carbons (Fsp3) is 0.837. The average molecular weight is 773 g/mol. The van der Waals surface area contributed by atoms with E-state index in [0.29, 0.717) is 18.8 Å². The van der Waals surface area contributed by atoms with E-state index >= 15 is 0 Å². The van der Waals surface area contributed by atoms with E-state index < -0.39 is 71.4 Å². The van der Waals surface area contributed by atoms with Gasteiger partial charge in [-0.05, 0) is 104 Å². The molecule has 15 unspecified atom stereocenters. The standard InChI is InChI=1S/C43H64O12/c1-23-13-18-43(38(48)49)20-19-41(9)29(34(43)24(23)2)11-12-32-39(7)16-15-33(40(8,22-51-25(3)44)31(39)14-17-42(32,41)10)55-37-36(54-28(6)47)35(53-27(5)46)30(21-50-37)52-26(4)45/h11,23-24,30-37H,12-22H2,1-10H3,(H,48,49). The van der Waals surface area contributed by atoms with Crippen molar-refractivity contribution in [2.45, 2.75) is 158 Å². The number of rotatable bonds is 8. The van der Waals surface area contributed by atoms with Gasteiger partial charge in [0.2, 0.25) is 0 Å². The van der Waals surface area contributed by atoms with Crippen molar-refractivity contribution < 1.29 is 57.5 Å². The predicted molar refractivity (Wildman–Crippen MR) is 199 cm³/mol. The maximum Gasteiger partial charge on any atom is 0.310 e. The van der Waals surface area contributed by atoms with Gasteiger partial charge in [0.15, 0.2) is 24.6 Å². The molecule has 0 radical (unpaired) electrons. The number of carboxylic acids is 1. The Balaban J connectivity index is 1.34. The third-order valence-corrected chi connectivity index (χ3v) is 16.3. The minimum absolute atomic E-state index is 0.0195. The van der Waals surface area contributed by atoms with Crippen LogP contribution in [0, 0.1) is 56.7 Å². The molecule has 1 heterocycles. The van der Waals surface area contributed by atoms with Gasteiger partial charge in [0.1, 0.15) is 0 Å². The van der Waals surface area contributed by atoms with Gasteiger partial charge in [-0.25, -0.2) is 0 Å². The zero-order valence-corrected chi connectivity index (χ0v) is 34.6. The summed E-state index contributed by atoms with van der Waals surface area (Å²) in [7, 11) is 0. The maximum atomic E-state index is 13.1. The SMILES string of the molecule is CC(=O)OCC1(C)C(OC2OCC(OC(C)=O)C(OC(C)=O)C2OC(C)=O)CCC2(C)C1CCC1(C)C2CC=C2C3C(C)C(C)CCC3(C(=O)O)CCC21C. The summed E-state index contributed by atoms with van der Waals surface area (Å²) in [5.41, 5.74) is -0.437. The van der Waals surface area contributed by atoms with E-state index in [1.807, 2.05) is 0 Å². The van der Waals surface area contributed by atoms with Crippen LogP contribution in [0.2, 0.25) is 0 Å². The number of aliphatic carboxylic acids is 1. The summed E-state index contributed by atoms with van der Waals surface area (Å²) in [4.78, 5) is 62.2. The highest BCUT2D eigenvalue weighted by Crippen LogP contribution is 2.76. The van der Waals surface area contributed by atoms with E-state index in [4.69, 9.17) is 28.4 Å². The number of carbonyl (C=O) groups excluding carboxylic acids is 4. The van der Waals surface area contributed by atoms with Crippen LogP contribution >= 0.6 is 0 Å². The van der Waals surface area contributed by atoms with E-state index in [0.717, 1.165) is 44.9 Å². The molecule has 0 bridgehead atoms. The minimum Gasteiger partial charge on any atom is -0.481 e. The molecule has 6 aliphatic rings. The van der Waals surface area contributed by atoms with Gasteiger partial charge in [0.05, 0.1) is 24.7 Å². The fourth-order valence-electron chi connectivity index (χ4n) is 13.3. The number of hydrogen-bond acceptors (Lipinski definition) is 11. The Bertz CT molecular complexity index is 1590. The van der Waals surface area contributed by atoms with Crippen LogP contribution < -0.4 is 0 Å². The molecule has 0 amide bonds. The second kappa shape index (κ2) is 14.7.